The number of rotatable bonds is 1. The monoisotopic (exact) mass is 178 g/mol. The summed E-state index contributed by atoms with van der Waals surface area (Å²) in [5, 5.41) is 0.305. The van der Waals surface area contributed by atoms with Crippen LogP contribution in [0.25, 0.3) is 0 Å². The van der Waals surface area contributed by atoms with Crippen LogP contribution in [0.4, 0.5) is 0 Å². The fourth-order valence-corrected chi connectivity index (χ4v) is 2.15. The number of hydrogen-bond donors (Lipinski definition) is 0. The van der Waals surface area contributed by atoms with E-state index in [0.717, 1.165) is 0 Å². The van der Waals surface area contributed by atoms with Gasteiger partial charge >= 0.3 is 0 Å². The van der Waals surface area contributed by atoms with Gasteiger partial charge < -0.3 is 0 Å². The lowest BCUT2D eigenvalue weighted by atomic mass is 8.89. The van der Waals surface area contributed by atoms with Crippen molar-refractivity contribution in [1.29, 1.82) is 0 Å². The third kappa shape index (κ3) is 2.86. The molecule has 2 heterocycles. The first kappa shape index (κ1) is 12.1. The van der Waals surface area contributed by atoms with Gasteiger partial charge in [0, 0.05) is 56.6 Å². The molecule has 0 aromatic rings. The molecule has 0 aromatic carbocycles. The summed E-state index contributed by atoms with van der Waals surface area (Å²) in [6.45, 7) is 4.58. The molecule has 2 fully saturated rings. The second-order valence-electron chi connectivity index (χ2n) is 4.55. The van der Waals surface area contributed by atoms with E-state index in [1.807, 2.05) is 0 Å². The standard InChI is InChI=1S/C5H8B10/c1-3(2)5-4(6-5)7-9-11-13-15-14-12-10-8-5/h3-4H,1-2H3/t4-,5-/m1/s1. The summed E-state index contributed by atoms with van der Waals surface area (Å²) in [7, 11) is 21.7. The van der Waals surface area contributed by atoms with Crippen LogP contribution in [-0.4, -0.2) is 71.0 Å². The van der Waals surface area contributed by atoms with Crippen molar-refractivity contribution in [3.05, 3.63) is 0 Å². The molecular weight excluding hydrogens is 168 g/mol. The molecule has 2 aliphatic rings. The maximum Gasteiger partial charge on any atom is 0.0983 e. The van der Waals surface area contributed by atoms with Gasteiger partial charge in [0.25, 0.3) is 0 Å². The summed E-state index contributed by atoms with van der Waals surface area (Å²) in [6, 6.07) is 0. The fourth-order valence-electron chi connectivity index (χ4n) is 2.15. The van der Waals surface area contributed by atoms with Crippen molar-refractivity contribution in [1.82, 2.24) is 0 Å². The highest BCUT2D eigenvalue weighted by Gasteiger charge is 2.53. The van der Waals surface area contributed by atoms with Gasteiger partial charge in [-0.2, -0.15) is 0 Å². The molecule has 0 N–H and O–H groups in total. The van der Waals surface area contributed by atoms with Gasteiger partial charge in [-0.1, -0.05) is 19.8 Å². The van der Waals surface area contributed by atoms with Crippen molar-refractivity contribution >= 4 is 71.0 Å². The van der Waals surface area contributed by atoms with Crippen molar-refractivity contribution in [3.63, 3.8) is 0 Å². The van der Waals surface area contributed by atoms with Crippen LogP contribution >= 0.6 is 0 Å². The molecule has 0 aliphatic carbocycles. The zero-order valence-electron chi connectivity index (χ0n) is 9.43. The lowest BCUT2D eigenvalue weighted by molar-refractivity contribution is 0.610. The molecule has 2 saturated heterocycles. The van der Waals surface area contributed by atoms with Crippen molar-refractivity contribution in [2.24, 2.45) is 5.92 Å². The summed E-state index contributed by atoms with van der Waals surface area (Å²) >= 11 is 0. The van der Waals surface area contributed by atoms with Crippen LogP contribution in [0, 0.1) is 5.92 Å². The quantitative estimate of drug-likeness (QED) is 0.401. The molecule has 2 rings (SSSR count). The van der Waals surface area contributed by atoms with E-state index in [4.69, 9.17) is 0 Å². The van der Waals surface area contributed by atoms with E-state index in [0.29, 0.717) is 16.8 Å². The van der Waals surface area contributed by atoms with E-state index in [2.05, 4.69) is 84.9 Å². The Morgan fingerprint density at radius 3 is 2.13 bits per heavy atom. The first-order chi connectivity index (χ1) is 7.26. The minimum atomic E-state index is 0.305. The van der Waals surface area contributed by atoms with Crippen LogP contribution in [0.5, 0.6) is 0 Å². The Morgan fingerprint density at radius 2 is 1.47 bits per heavy atom. The second kappa shape index (κ2) is 5.32. The van der Waals surface area contributed by atoms with Crippen LogP contribution in [0.3, 0.4) is 0 Å². The second-order valence-corrected chi connectivity index (χ2v) is 4.55. The van der Waals surface area contributed by atoms with E-state index in [1.54, 1.807) is 0 Å². The third-order valence-corrected chi connectivity index (χ3v) is 3.31. The molecule has 0 saturated carbocycles. The molecule has 0 bridgehead atoms. The Kier molecular flexibility index (Phi) is 4.30. The molecule has 0 unspecified atom stereocenters. The normalized spacial score (nSPS) is 32.9. The zero-order chi connectivity index (χ0) is 10.7. The van der Waals surface area contributed by atoms with Crippen LogP contribution in [-0.2, 0) is 0 Å². The summed E-state index contributed by atoms with van der Waals surface area (Å²) in [6.07, 6.45) is 0. The van der Waals surface area contributed by atoms with Gasteiger partial charge in [0.05, 0.1) is 14.4 Å². The van der Waals surface area contributed by atoms with Gasteiger partial charge in [-0.05, 0) is 0 Å². The maximum atomic E-state index is 2.43. The predicted molar refractivity (Wildman–Crippen MR) is 78.8 cm³/mol. The SMILES string of the molecule is CC(C)[C@@]12[B][B][B][B][B][B][B][B][B][C@H]1[B]2. The molecule has 2 atom stereocenters. The third-order valence-electron chi connectivity index (χ3n) is 3.31. The molecule has 0 aromatic heterocycles. The fraction of sp³-hybridized carbons (Fsp3) is 1.00. The summed E-state index contributed by atoms with van der Waals surface area (Å²) in [5.74, 6) is 0.672. The Hall–Kier alpha value is 0.649. The van der Waals surface area contributed by atoms with Crippen LogP contribution in [0.15, 0.2) is 0 Å². The first-order valence-corrected chi connectivity index (χ1v) is 5.64. The Morgan fingerprint density at radius 1 is 0.867 bits per heavy atom. The van der Waals surface area contributed by atoms with Gasteiger partial charge in [-0.25, -0.2) is 0 Å². The van der Waals surface area contributed by atoms with Gasteiger partial charge in [0.1, 0.15) is 0 Å². The lowest BCUT2D eigenvalue weighted by Crippen LogP contribution is -2.31. The summed E-state index contributed by atoms with van der Waals surface area (Å²) in [4.78, 5) is 0. The number of fused-ring (bicyclic) bond motifs is 1. The molecule has 0 spiro atoms. The first-order valence-electron chi connectivity index (χ1n) is 5.64. The molecule has 15 heavy (non-hydrogen) atoms. The van der Waals surface area contributed by atoms with E-state index in [9.17, 15) is 0 Å². The average molecular weight is 176 g/mol. The van der Waals surface area contributed by atoms with Crippen molar-refractivity contribution < 1.29 is 0 Å². The lowest BCUT2D eigenvalue weighted by Gasteiger charge is -2.23. The van der Waals surface area contributed by atoms with Gasteiger partial charge in [0.2, 0.25) is 0 Å². The largest absolute Gasteiger partial charge is 0.112 e. The van der Waals surface area contributed by atoms with Crippen molar-refractivity contribution in [2.75, 3.05) is 0 Å². The molecule has 10 radical (unpaired) electrons. The highest BCUT2D eigenvalue weighted by molar-refractivity contribution is 7.68. The van der Waals surface area contributed by atoms with Crippen LogP contribution in [0.1, 0.15) is 13.8 Å². The van der Waals surface area contributed by atoms with Gasteiger partial charge in [-0.3, -0.25) is 0 Å². The summed E-state index contributed by atoms with van der Waals surface area (Å²) in [5.41, 5.74) is 0.616. The van der Waals surface area contributed by atoms with E-state index in [-0.39, 0.29) is 0 Å². The van der Waals surface area contributed by atoms with Crippen molar-refractivity contribution in [2.45, 2.75) is 24.8 Å². The highest BCUT2D eigenvalue weighted by atomic mass is 14.3. The Labute approximate surface area is 102 Å². The number of hydrogen-bond acceptors (Lipinski definition) is 0. The molecular formula is C5H8B10. The molecule has 0 amide bonds. The van der Waals surface area contributed by atoms with E-state index in [1.165, 1.54) is 0 Å². The van der Waals surface area contributed by atoms with Crippen molar-refractivity contribution in [3.8, 4) is 0 Å². The topological polar surface area (TPSA) is 0 Å². The molecule has 0 nitrogen and oxygen atoms in total. The average Bonchev–Trinajstić information content (AvgIpc) is 2.89. The van der Waals surface area contributed by atoms with E-state index < -0.39 is 0 Å². The Balaban J connectivity index is 1.89. The summed E-state index contributed by atoms with van der Waals surface area (Å²) < 4.78 is 0. The van der Waals surface area contributed by atoms with Crippen LogP contribution in [0.2, 0.25) is 10.9 Å². The predicted octanol–water partition coefficient (Wildman–Crippen LogP) is -2.11. The highest BCUT2D eigenvalue weighted by Crippen LogP contribution is 2.59. The maximum absolute atomic E-state index is 2.43. The minimum absolute atomic E-state index is 0.305. The smallest absolute Gasteiger partial charge is 0.0983 e. The zero-order valence-corrected chi connectivity index (χ0v) is 9.43. The van der Waals surface area contributed by atoms with Crippen LogP contribution < -0.4 is 0 Å². The molecule has 10 heteroatoms. The Bertz CT molecular complexity index is 208. The van der Waals surface area contributed by atoms with E-state index >= 15 is 0 Å². The van der Waals surface area contributed by atoms with Gasteiger partial charge in [0.15, 0.2) is 0 Å². The minimum Gasteiger partial charge on any atom is -0.112 e. The van der Waals surface area contributed by atoms with Gasteiger partial charge in [-0.15, -0.1) is 10.9 Å². The molecule has 2 aliphatic heterocycles. The molecule has 58 valence electrons.